The van der Waals surface area contributed by atoms with Gasteiger partial charge in [-0.15, -0.1) is 0 Å². The van der Waals surface area contributed by atoms with E-state index in [0.29, 0.717) is 17.5 Å². The van der Waals surface area contributed by atoms with Crippen LogP contribution >= 0.6 is 11.6 Å². The maximum Gasteiger partial charge on any atom is 0.166 e. The second kappa shape index (κ2) is 7.22. The van der Waals surface area contributed by atoms with E-state index in [9.17, 15) is 0 Å². The summed E-state index contributed by atoms with van der Waals surface area (Å²) >= 11 is 6.04. The molecular formula is C15H18ClN3O. The van der Waals surface area contributed by atoms with E-state index in [0.717, 1.165) is 24.2 Å². The molecule has 2 N–H and O–H groups in total. The third-order valence-electron chi connectivity index (χ3n) is 3.01. The van der Waals surface area contributed by atoms with Crippen LogP contribution in [-0.4, -0.2) is 16.0 Å². The molecule has 0 saturated carbocycles. The number of nitrogens with two attached hydrogens (primary N) is 1. The summed E-state index contributed by atoms with van der Waals surface area (Å²) in [5.41, 5.74) is 7.02. The Morgan fingerprint density at radius 3 is 2.75 bits per heavy atom. The second-order valence-corrected chi connectivity index (χ2v) is 5.01. The van der Waals surface area contributed by atoms with Crippen molar-refractivity contribution < 1.29 is 4.74 Å². The van der Waals surface area contributed by atoms with E-state index >= 15 is 0 Å². The standard InChI is InChI=1S/C15H18ClN3O/c1-2-13(17)9-11-8-12(16)4-5-14(11)20-10-15-18-6-3-7-19-15/h3-8,13H,2,9-10,17H2,1H3. The van der Waals surface area contributed by atoms with Crippen LogP contribution in [0.4, 0.5) is 0 Å². The molecule has 2 aromatic rings. The lowest BCUT2D eigenvalue weighted by atomic mass is 10.0. The van der Waals surface area contributed by atoms with E-state index < -0.39 is 0 Å². The van der Waals surface area contributed by atoms with Crippen LogP contribution in [0.1, 0.15) is 24.7 Å². The first-order chi connectivity index (χ1) is 9.69. The van der Waals surface area contributed by atoms with Gasteiger partial charge in [0, 0.05) is 23.5 Å². The molecule has 0 aliphatic rings. The van der Waals surface area contributed by atoms with Gasteiger partial charge in [-0.3, -0.25) is 0 Å². The van der Waals surface area contributed by atoms with E-state index in [2.05, 4.69) is 16.9 Å². The van der Waals surface area contributed by atoms with Crippen LogP contribution in [0.2, 0.25) is 5.02 Å². The number of halogens is 1. The molecule has 1 unspecified atom stereocenters. The smallest absolute Gasteiger partial charge is 0.166 e. The maximum atomic E-state index is 6.04. The summed E-state index contributed by atoms with van der Waals surface area (Å²) < 4.78 is 5.78. The van der Waals surface area contributed by atoms with Gasteiger partial charge in [-0.05, 0) is 42.7 Å². The molecular weight excluding hydrogens is 274 g/mol. The first-order valence-corrected chi connectivity index (χ1v) is 6.99. The van der Waals surface area contributed by atoms with Gasteiger partial charge in [-0.25, -0.2) is 9.97 Å². The predicted octanol–water partition coefficient (Wildman–Crippen LogP) is 2.99. The summed E-state index contributed by atoms with van der Waals surface area (Å²) in [7, 11) is 0. The van der Waals surface area contributed by atoms with Gasteiger partial charge >= 0.3 is 0 Å². The molecule has 0 amide bonds. The first-order valence-electron chi connectivity index (χ1n) is 6.61. The van der Waals surface area contributed by atoms with Crippen molar-refractivity contribution >= 4 is 11.6 Å². The highest BCUT2D eigenvalue weighted by Crippen LogP contribution is 2.25. The number of benzene rings is 1. The number of hydrogen-bond donors (Lipinski definition) is 1. The molecule has 0 radical (unpaired) electrons. The lowest BCUT2D eigenvalue weighted by molar-refractivity contribution is 0.292. The molecule has 20 heavy (non-hydrogen) atoms. The SMILES string of the molecule is CCC(N)Cc1cc(Cl)ccc1OCc1ncccn1. The minimum atomic E-state index is 0.101. The monoisotopic (exact) mass is 291 g/mol. The fraction of sp³-hybridized carbons (Fsp3) is 0.333. The topological polar surface area (TPSA) is 61.0 Å². The summed E-state index contributed by atoms with van der Waals surface area (Å²) in [6, 6.07) is 7.45. The van der Waals surface area contributed by atoms with Crippen LogP contribution in [0.5, 0.6) is 5.75 Å². The van der Waals surface area contributed by atoms with Crippen molar-refractivity contribution in [1.29, 1.82) is 0 Å². The van der Waals surface area contributed by atoms with E-state index in [1.807, 2.05) is 18.2 Å². The van der Waals surface area contributed by atoms with Gasteiger partial charge in [0.15, 0.2) is 5.82 Å². The molecule has 106 valence electrons. The first kappa shape index (κ1) is 14.8. The molecule has 0 spiro atoms. The summed E-state index contributed by atoms with van der Waals surface area (Å²) in [5.74, 6) is 1.43. The normalized spacial score (nSPS) is 12.2. The lowest BCUT2D eigenvalue weighted by Gasteiger charge is -2.14. The Morgan fingerprint density at radius 1 is 1.30 bits per heavy atom. The summed E-state index contributed by atoms with van der Waals surface area (Å²) in [6.45, 7) is 2.39. The van der Waals surface area contributed by atoms with Crippen LogP contribution in [0.15, 0.2) is 36.7 Å². The number of aromatic nitrogens is 2. The van der Waals surface area contributed by atoms with Crippen molar-refractivity contribution in [1.82, 2.24) is 9.97 Å². The third kappa shape index (κ3) is 4.18. The quantitative estimate of drug-likeness (QED) is 0.889. The van der Waals surface area contributed by atoms with Gasteiger partial charge in [0.05, 0.1) is 0 Å². The van der Waals surface area contributed by atoms with Gasteiger partial charge in [-0.1, -0.05) is 18.5 Å². The Balaban J connectivity index is 2.10. The van der Waals surface area contributed by atoms with Gasteiger partial charge in [0.2, 0.25) is 0 Å². The highest BCUT2D eigenvalue weighted by Gasteiger charge is 2.09. The second-order valence-electron chi connectivity index (χ2n) is 4.58. The summed E-state index contributed by atoms with van der Waals surface area (Å²) in [4.78, 5) is 8.26. The molecule has 0 saturated heterocycles. The van der Waals surface area contributed by atoms with Crippen molar-refractivity contribution in [2.24, 2.45) is 5.73 Å². The predicted molar refractivity (Wildman–Crippen MR) is 79.8 cm³/mol. The molecule has 0 bridgehead atoms. The Kier molecular flexibility index (Phi) is 5.32. The zero-order valence-electron chi connectivity index (χ0n) is 11.4. The Labute approximate surface area is 124 Å². The number of rotatable bonds is 6. The summed E-state index contributed by atoms with van der Waals surface area (Å²) in [6.07, 6.45) is 5.04. The molecule has 4 nitrogen and oxygen atoms in total. The number of hydrogen-bond acceptors (Lipinski definition) is 4. The molecule has 1 aromatic heterocycles. The molecule has 0 fully saturated rings. The van der Waals surface area contributed by atoms with Crippen LogP contribution in [0, 0.1) is 0 Å². The van der Waals surface area contributed by atoms with Crippen LogP contribution in [-0.2, 0) is 13.0 Å². The molecule has 5 heteroatoms. The van der Waals surface area contributed by atoms with E-state index in [-0.39, 0.29) is 6.04 Å². The highest BCUT2D eigenvalue weighted by molar-refractivity contribution is 6.30. The van der Waals surface area contributed by atoms with Crippen LogP contribution in [0.25, 0.3) is 0 Å². The average molecular weight is 292 g/mol. The van der Waals surface area contributed by atoms with Crippen molar-refractivity contribution in [2.45, 2.75) is 32.4 Å². The van der Waals surface area contributed by atoms with E-state index in [1.165, 1.54) is 0 Å². The number of nitrogens with zero attached hydrogens (tertiary/aromatic N) is 2. The zero-order chi connectivity index (χ0) is 14.4. The zero-order valence-corrected chi connectivity index (χ0v) is 12.2. The fourth-order valence-electron chi connectivity index (χ4n) is 1.82. The van der Waals surface area contributed by atoms with Gasteiger partial charge in [0.25, 0.3) is 0 Å². The van der Waals surface area contributed by atoms with Crippen LogP contribution < -0.4 is 10.5 Å². The maximum absolute atomic E-state index is 6.04. The van der Waals surface area contributed by atoms with Crippen molar-refractivity contribution in [3.05, 3.63) is 53.1 Å². The molecule has 1 heterocycles. The van der Waals surface area contributed by atoms with E-state index in [4.69, 9.17) is 22.1 Å². The lowest BCUT2D eigenvalue weighted by Crippen LogP contribution is -2.21. The minimum absolute atomic E-state index is 0.101. The molecule has 1 atom stereocenters. The number of ether oxygens (including phenoxy) is 1. The Hall–Kier alpha value is -1.65. The van der Waals surface area contributed by atoms with Gasteiger partial charge < -0.3 is 10.5 Å². The van der Waals surface area contributed by atoms with Gasteiger partial charge in [0.1, 0.15) is 12.4 Å². The molecule has 1 aromatic carbocycles. The molecule has 0 aliphatic carbocycles. The fourth-order valence-corrected chi connectivity index (χ4v) is 2.02. The largest absolute Gasteiger partial charge is 0.485 e. The Morgan fingerprint density at radius 2 is 2.05 bits per heavy atom. The third-order valence-corrected chi connectivity index (χ3v) is 3.24. The Bertz CT molecular complexity index is 548. The summed E-state index contributed by atoms with van der Waals surface area (Å²) in [5, 5.41) is 0.687. The highest BCUT2D eigenvalue weighted by atomic mass is 35.5. The van der Waals surface area contributed by atoms with Crippen molar-refractivity contribution in [3.63, 3.8) is 0 Å². The molecule has 2 rings (SSSR count). The molecule has 0 aliphatic heterocycles. The van der Waals surface area contributed by atoms with Gasteiger partial charge in [-0.2, -0.15) is 0 Å². The van der Waals surface area contributed by atoms with Crippen molar-refractivity contribution in [2.75, 3.05) is 0 Å². The van der Waals surface area contributed by atoms with Crippen LogP contribution in [0.3, 0.4) is 0 Å². The minimum Gasteiger partial charge on any atom is -0.485 e. The average Bonchev–Trinajstić information content (AvgIpc) is 2.47. The van der Waals surface area contributed by atoms with Crippen molar-refractivity contribution in [3.8, 4) is 5.75 Å². The van der Waals surface area contributed by atoms with E-state index in [1.54, 1.807) is 18.5 Å².